The largest absolute Gasteiger partial charge is 0.457 e. The van der Waals surface area contributed by atoms with Crippen molar-refractivity contribution in [2.75, 3.05) is 13.2 Å². The van der Waals surface area contributed by atoms with Gasteiger partial charge >= 0.3 is 14.2 Å². The molecule has 0 aromatic carbocycles. The maximum Gasteiger partial charge on any atom is 0.457 e. The molecule has 0 aliphatic carbocycles. The van der Waals surface area contributed by atoms with Crippen molar-refractivity contribution < 1.29 is 23.4 Å². The standard InChI is InChI=1S/C18H35B2NO5/c1-4-7-8-9-10-11-12-13-21-18(22)17-16(25-20(6-3)26-17)15-14-23-19(5-2)24-15/h15-17H,4-14H2,1-3H3,(H,21,22). The average Bonchev–Trinajstić information content (AvgIpc) is 3.30. The van der Waals surface area contributed by atoms with Crippen LogP contribution in [0.2, 0.25) is 12.6 Å². The second kappa shape index (κ2) is 12.0. The topological polar surface area (TPSA) is 66.0 Å². The first-order chi connectivity index (χ1) is 12.7. The molecule has 3 unspecified atom stereocenters. The number of unbranched alkanes of at least 4 members (excludes halogenated alkanes) is 6. The fourth-order valence-corrected chi connectivity index (χ4v) is 3.46. The van der Waals surface area contributed by atoms with Gasteiger partial charge in [-0.05, 0) is 19.1 Å². The maximum absolute atomic E-state index is 12.6. The van der Waals surface area contributed by atoms with Crippen molar-refractivity contribution in [1.82, 2.24) is 5.32 Å². The molecule has 2 heterocycles. The molecule has 1 N–H and O–H groups in total. The Morgan fingerprint density at radius 3 is 2.27 bits per heavy atom. The summed E-state index contributed by atoms with van der Waals surface area (Å²) in [5.41, 5.74) is 0. The molecule has 8 heteroatoms. The molecule has 0 aromatic rings. The van der Waals surface area contributed by atoms with E-state index >= 15 is 0 Å². The minimum atomic E-state index is -0.617. The van der Waals surface area contributed by atoms with Crippen LogP contribution in [0.15, 0.2) is 0 Å². The monoisotopic (exact) mass is 367 g/mol. The predicted molar refractivity (Wildman–Crippen MR) is 104 cm³/mol. The summed E-state index contributed by atoms with van der Waals surface area (Å²) in [5, 5.41) is 3.01. The average molecular weight is 367 g/mol. The highest BCUT2D eigenvalue weighted by Crippen LogP contribution is 2.27. The van der Waals surface area contributed by atoms with Gasteiger partial charge in [0.25, 0.3) is 0 Å². The summed E-state index contributed by atoms with van der Waals surface area (Å²) in [7, 11) is -0.556. The van der Waals surface area contributed by atoms with Crippen molar-refractivity contribution in [2.45, 2.75) is 96.7 Å². The van der Waals surface area contributed by atoms with Crippen molar-refractivity contribution >= 4 is 20.1 Å². The maximum atomic E-state index is 12.6. The van der Waals surface area contributed by atoms with E-state index in [1.165, 1.54) is 32.1 Å². The molecule has 26 heavy (non-hydrogen) atoms. The molecule has 0 spiro atoms. The van der Waals surface area contributed by atoms with Crippen molar-refractivity contribution in [3.63, 3.8) is 0 Å². The smallest absolute Gasteiger partial charge is 0.408 e. The first-order valence-corrected chi connectivity index (χ1v) is 10.5. The fourth-order valence-electron chi connectivity index (χ4n) is 3.46. The molecule has 2 aliphatic rings. The van der Waals surface area contributed by atoms with E-state index in [-0.39, 0.29) is 26.2 Å². The van der Waals surface area contributed by atoms with Crippen LogP contribution in [0, 0.1) is 0 Å². The third-order valence-corrected chi connectivity index (χ3v) is 5.05. The summed E-state index contributed by atoms with van der Waals surface area (Å²) in [5.74, 6) is -0.0968. The van der Waals surface area contributed by atoms with E-state index in [2.05, 4.69) is 12.2 Å². The van der Waals surface area contributed by atoms with Crippen LogP contribution in [0.5, 0.6) is 0 Å². The molecule has 2 aliphatic heterocycles. The number of hydrogen-bond donors (Lipinski definition) is 1. The minimum absolute atomic E-state index is 0.0968. The van der Waals surface area contributed by atoms with E-state index in [4.69, 9.17) is 18.6 Å². The lowest BCUT2D eigenvalue weighted by Crippen LogP contribution is -2.46. The van der Waals surface area contributed by atoms with Crippen molar-refractivity contribution in [3.8, 4) is 0 Å². The molecular weight excluding hydrogens is 332 g/mol. The zero-order valence-electron chi connectivity index (χ0n) is 16.7. The molecule has 2 rings (SSSR count). The molecule has 0 saturated carbocycles. The Kier molecular flexibility index (Phi) is 10.0. The lowest BCUT2D eigenvalue weighted by Gasteiger charge is -2.23. The van der Waals surface area contributed by atoms with E-state index in [1.54, 1.807) is 0 Å². The van der Waals surface area contributed by atoms with Crippen LogP contribution >= 0.6 is 0 Å². The van der Waals surface area contributed by atoms with Gasteiger partial charge in [-0.25, -0.2) is 0 Å². The number of hydrogen-bond acceptors (Lipinski definition) is 5. The van der Waals surface area contributed by atoms with Gasteiger partial charge in [-0.15, -0.1) is 0 Å². The SMILES string of the molecule is CCCCCCCCCNC(=O)C1OB(CC)OC1C1COB(CC)O1. The van der Waals surface area contributed by atoms with E-state index < -0.39 is 12.2 Å². The van der Waals surface area contributed by atoms with Gasteiger partial charge in [-0.3, -0.25) is 4.79 Å². The fraction of sp³-hybridized carbons (Fsp3) is 0.944. The highest BCUT2D eigenvalue weighted by molar-refractivity contribution is 6.46. The zero-order valence-corrected chi connectivity index (χ0v) is 16.7. The van der Waals surface area contributed by atoms with Crippen LogP contribution in [0.25, 0.3) is 0 Å². The third-order valence-electron chi connectivity index (χ3n) is 5.05. The molecule has 6 nitrogen and oxygen atoms in total. The first kappa shape index (κ1) is 21.7. The van der Waals surface area contributed by atoms with Gasteiger partial charge in [0, 0.05) is 6.54 Å². The Bertz CT molecular complexity index is 415. The Morgan fingerprint density at radius 2 is 1.62 bits per heavy atom. The van der Waals surface area contributed by atoms with E-state index in [0.29, 0.717) is 19.5 Å². The van der Waals surface area contributed by atoms with Gasteiger partial charge in [0.2, 0.25) is 5.91 Å². The Balaban J connectivity index is 1.71. The summed E-state index contributed by atoms with van der Waals surface area (Å²) < 4.78 is 23.2. The molecule has 2 saturated heterocycles. The lowest BCUT2D eigenvalue weighted by atomic mass is 9.86. The molecular formula is C18H35B2NO5. The van der Waals surface area contributed by atoms with E-state index in [9.17, 15) is 4.79 Å². The number of nitrogens with one attached hydrogen (secondary N) is 1. The summed E-state index contributed by atoms with van der Waals surface area (Å²) >= 11 is 0. The van der Waals surface area contributed by atoms with Crippen LogP contribution in [0.4, 0.5) is 0 Å². The highest BCUT2D eigenvalue weighted by atomic mass is 16.7. The third kappa shape index (κ3) is 6.55. The van der Waals surface area contributed by atoms with E-state index in [1.807, 2.05) is 13.8 Å². The van der Waals surface area contributed by atoms with Crippen LogP contribution in [-0.4, -0.2) is 51.6 Å². The van der Waals surface area contributed by atoms with Gasteiger partial charge in [-0.2, -0.15) is 0 Å². The molecule has 3 atom stereocenters. The highest BCUT2D eigenvalue weighted by Gasteiger charge is 2.49. The van der Waals surface area contributed by atoms with Crippen molar-refractivity contribution in [2.24, 2.45) is 0 Å². The van der Waals surface area contributed by atoms with Crippen LogP contribution in [-0.2, 0) is 23.4 Å². The number of carbonyl (C=O) groups excluding carboxylic acids is 1. The van der Waals surface area contributed by atoms with Gasteiger partial charge < -0.3 is 23.9 Å². The van der Waals surface area contributed by atoms with Gasteiger partial charge in [0.1, 0.15) is 12.2 Å². The molecule has 2 fully saturated rings. The van der Waals surface area contributed by atoms with Crippen LogP contribution in [0.1, 0.15) is 65.7 Å². The van der Waals surface area contributed by atoms with E-state index in [0.717, 1.165) is 19.2 Å². The normalized spacial score (nSPS) is 25.9. The number of carbonyl (C=O) groups is 1. The minimum Gasteiger partial charge on any atom is -0.408 e. The summed E-state index contributed by atoms with van der Waals surface area (Å²) in [4.78, 5) is 12.6. The quantitative estimate of drug-likeness (QED) is 0.424. The molecule has 0 radical (unpaired) electrons. The number of amides is 1. The predicted octanol–water partition coefficient (Wildman–Crippen LogP) is 3.07. The van der Waals surface area contributed by atoms with Gasteiger partial charge in [0.05, 0.1) is 12.7 Å². The zero-order chi connectivity index (χ0) is 18.8. The Labute approximate surface area is 159 Å². The summed E-state index contributed by atoms with van der Waals surface area (Å²) in [6.45, 7) is 7.37. The van der Waals surface area contributed by atoms with Crippen molar-refractivity contribution in [1.29, 1.82) is 0 Å². The lowest BCUT2D eigenvalue weighted by molar-refractivity contribution is -0.130. The number of rotatable bonds is 12. The second-order valence-electron chi connectivity index (χ2n) is 7.25. The second-order valence-corrected chi connectivity index (χ2v) is 7.25. The molecule has 0 bridgehead atoms. The Morgan fingerprint density at radius 1 is 0.923 bits per heavy atom. The van der Waals surface area contributed by atoms with Crippen LogP contribution in [0.3, 0.4) is 0 Å². The Hall–Kier alpha value is -0.560. The van der Waals surface area contributed by atoms with Gasteiger partial charge in [-0.1, -0.05) is 59.3 Å². The summed E-state index contributed by atoms with van der Waals surface area (Å²) in [6, 6.07) is 0. The molecule has 148 valence electrons. The molecule has 1 amide bonds. The molecule has 0 aromatic heterocycles. The van der Waals surface area contributed by atoms with Gasteiger partial charge in [0.15, 0.2) is 0 Å². The summed E-state index contributed by atoms with van der Waals surface area (Å²) in [6.07, 6.45) is 8.85. The van der Waals surface area contributed by atoms with Crippen LogP contribution < -0.4 is 5.32 Å². The first-order valence-electron chi connectivity index (χ1n) is 10.5. The van der Waals surface area contributed by atoms with Crippen molar-refractivity contribution in [3.05, 3.63) is 0 Å².